The number of aromatic amines is 1. The van der Waals surface area contributed by atoms with E-state index in [0.29, 0.717) is 43.9 Å². The molecule has 214 valence electrons. The zero-order valence-corrected chi connectivity index (χ0v) is 23.9. The van der Waals surface area contributed by atoms with E-state index in [1.54, 1.807) is 36.1 Å². The maximum Gasteiger partial charge on any atom is 0.338 e. The van der Waals surface area contributed by atoms with Crippen molar-refractivity contribution in [1.82, 2.24) is 14.8 Å². The SMILES string of the molecule is CCOC(=O)c1ccc(NC(=O)N(CC(=O)N(CCc2c[nH]c3ccccc23)Cc2ccccc2)CC(C)C)cc1. The van der Waals surface area contributed by atoms with Gasteiger partial charge in [-0.25, -0.2) is 9.59 Å². The van der Waals surface area contributed by atoms with E-state index in [1.165, 1.54) is 0 Å². The monoisotopic (exact) mass is 554 g/mol. The van der Waals surface area contributed by atoms with E-state index in [9.17, 15) is 14.4 Å². The number of nitrogens with zero attached hydrogens (tertiary/aromatic N) is 2. The molecule has 0 atom stereocenters. The molecule has 8 heteroatoms. The summed E-state index contributed by atoms with van der Waals surface area (Å²) in [7, 11) is 0. The van der Waals surface area contributed by atoms with Crippen molar-refractivity contribution >= 4 is 34.5 Å². The summed E-state index contributed by atoms with van der Waals surface area (Å²) < 4.78 is 5.03. The van der Waals surface area contributed by atoms with Gasteiger partial charge in [-0.2, -0.15) is 0 Å². The Labute approximate surface area is 241 Å². The molecule has 1 aromatic heterocycles. The molecule has 0 unspecified atom stereocenters. The number of para-hydroxylation sites is 1. The molecule has 0 radical (unpaired) electrons. The number of fused-ring (bicyclic) bond motifs is 1. The lowest BCUT2D eigenvalue weighted by atomic mass is 10.1. The first-order chi connectivity index (χ1) is 19.8. The predicted octanol–water partition coefficient (Wildman–Crippen LogP) is 6.11. The van der Waals surface area contributed by atoms with Gasteiger partial charge in [0.25, 0.3) is 0 Å². The fraction of sp³-hybridized carbons (Fsp3) is 0.303. The largest absolute Gasteiger partial charge is 0.462 e. The molecule has 0 aliphatic rings. The van der Waals surface area contributed by atoms with Crippen LogP contribution >= 0.6 is 0 Å². The van der Waals surface area contributed by atoms with Gasteiger partial charge in [-0.3, -0.25) is 4.79 Å². The normalized spacial score (nSPS) is 10.9. The molecule has 3 aromatic carbocycles. The van der Waals surface area contributed by atoms with E-state index in [0.717, 1.165) is 22.0 Å². The highest BCUT2D eigenvalue weighted by Crippen LogP contribution is 2.19. The van der Waals surface area contributed by atoms with Crippen LogP contribution in [0, 0.1) is 5.92 Å². The molecule has 2 N–H and O–H groups in total. The lowest BCUT2D eigenvalue weighted by Crippen LogP contribution is -2.46. The van der Waals surface area contributed by atoms with E-state index in [1.807, 2.05) is 73.5 Å². The highest BCUT2D eigenvalue weighted by Gasteiger charge is 2.23. The summed E-state index contributed by atoms with van der Waals surface area (Å²) in [4.78, 5) is 45.7. The summed E-state index contributed by atoms with van der Waals surface area (Å²) in [6.07, 6.45) is 2.69. The molecule has 0 aliphatic heterocycles. The molecule has 8 nitrogen and oxygen atoms in total. The van der Waals surface area contributed by atoms with Gasteiger partial charge < -0.3 is 24.8 Å². The number of nitrogens with one attached hydrogen (secondary N) is 2. The van der Waals surface area contributed by atoms with E-state index < -0.39 is 5.97 Å². The van der Waals surface area contributed by atoms with Crippen molar-refractivity contribution in [2.45, 2.75) is 33.7 Å². The molecule has 0 saturated carbocycles. The number of hydrogen-bond donors (Lipinski definition) is 2. The van der Waals surface area contributed by atoms with Gasteiger partial charge >= 0.3 is 12.0 Å². The van der Waals surface area contributed by atoms with Crippen LogP contribution in [0.1, 0.15) is 42.3 Å². The standard InChI is InChI=1S/C33H38N4O4/c1-4-41-32(39)26-14-16-28(17-15-26)35-33(40)37(21-24(2)3)23-31(38)36(22-25-10-6-5-7-11-25)19-18-27-20-34-30-13-9-8-12-29(27)30/h5-17,20,24,34H,4,18-19,21-23H2,1-3H3,(H,35,40). The summed E-state index contributed by atoms with van der Waals surface area (Å²) in [6, 6.07) is 24.2. The van der Waals surface area contributed by atoms with Crippen LogP contribution in [0.4, 0.5) is 10.5 Å². The minimum Gasteiger partial charge on any atom is -0.462 e. The number of aromatic nitrogens is 1. The third kappa shape index (κ3) is 8.20. The molecule has 0 bridgehead atoms. The molecule has 41 heavy (non-hydrogen) atoms. The lowest BCUT2D eigenvalue weighted by Gasteiger charge is -2.29. The Bertz CT molecular complexity index is 1450. The minimum atomic E-state index is -0.413. The van der Waals surface area contributed by atoms with Gasteiger partial charge in [-0.05, 0) is 60.7 Å². The summed E-state index contributed by atoms with van der Waals surface area (Å²) in [5.74, 6) is -0.376. The fourth-order valence-electron chi connectivity index (χ4n) is 4.72. The van der Waals surface area contributed by atoms with Crippen molar-refractivity contribution in [3.63, 3.8) is 0 Å². The Hall–Kier alpha value is -4.59. The lowest BCUT2D eigenvalue weighted by molar-refractivity contribution is -0.132. The van der Waals surface area contributed by atoms with Crippen molar-refractivity contribution in [2.24, 2.45) is 5.92 Å². The fourth-order valence-corrected chi connectivity index (χ4v) is 4.72. The first-order valence-corrected chi connectivity index (χ1v) is 14.0. The van der Waals surface area contributed by atoms with Crippen LogP contribution in [-0.2, 0) is 22.5 Å². The molecule has 3 amide bonds. The predicted molar refractivity (Wildman–Crippen MR) is 162 cm³/mol. The average molecular weight is 555 g/mol. The van der Waals surface area contributed by atoms with Crippen LogP contribution in [0.15, 0.2) is 85.1 Å². The number of anilines is 1. The molecule has 0 saturated heterocycles. The van der Waals surface area contributed by atoms with Crippen LogP contribution in [-0.4, -0.2) is 58.9 Å². The highest BCUT2D eigenvalue weighted by atomic mass is 16.5. The minimum absolute atomic E-state index is 0.0500. The van der Waals surface area contributed by atoms with Gasteiger partial charge in [-0.15, -0.1) is 0 Å². The Morgan fingerprint density at radius 3 is 2.32 bits per heavy atom. The van der Waals surface area contributed by atoms with Gasteiger partial charge in [-0.1, -0.05) is 62.4 Å². The molecular formula is C33H38N4O4. The van der Waals surface area contributed by atoms with Crippen molar-refractivity contribution in [2.75, 3.05) is 31.6 Å². The van der Waals surface area contributed by atoms with Gasteiger partial charge in [0.1, 0.15) is 6.54 Å². The number of esters is 1. The second kappa shape index (κ2) is 14.2. The van der Waals surface area contributed by atoms with Gasteiger partial charge in [0.05, 0.1) is 12.2 Å². The zero-order chi connectivity index (χ0) is 29.2. The Kier molecular flexibility index (Phi) is 10.2. The van der Waals surface area contributed by atoms with E-state index in [2.05, 4.69) is 16.4 Å². The van der Waals surface area contributed by atoms with Crippen LogP contribution in [0.3, 0.4) is 0 Å². The van der Waals surface area contributed by atoms with Crippen LogP contribution in [0.5, 0.6) is 0 Å². The Morgan fingerprint density at radius 1 is 0.902 bits per heavy atom. The summed E-state index contributed by atoms with van der Waals surface area (Å²) >= 11 is 0. The Balaban J connectivity index is 1.47. The van der Waals surface area contributed by atoms with Crippen molar-refractivity contribution in [3.05, 3.63) is 102 Å². The third-order valence-corrected chi connectivity index (χ3v) is 6.74. The molecule has 1 heterocycles. The zero-order valence-electron chi connectivity index (χ0n) is 23.9. The smallest absolute Gasteiger partial charge is 0.338 e. The summed E-state index contributed by atoms with van der Waals surface area (Å²) in [5.41, 5.74) is 4.19. The van der Waals surface area contributed by atoms with Crippen LogP contribution in [0.2, 0.25) is 0 Å². The first-order valence-electron chi connectivity index (χ1n) is 14.0. The van der Waals surface area contributed by atoms with Crippen molar-refractivity contribution < 1.29 is 19.1 Å². The maximum absolute atomic E-state index is 13.7. The average Bonchev–Trinajstić information content (AvgIpc) is 3.38. The Morgan fingerprint density at radius 2 is 1.61 bits per heavy atom. The van der Waals surface area contributed by atoms with Crippen molar-refractivity contribution in [1.29, 1.82) is 0 Å². The second-order valence-electron chi connectivity index (χ2n) is 10.4. The topological polar surface area (TPSA) is 94.7 Å². The summed E-state index contributed by atoms with van der Waals surface area (Å²) in [6.45, 7) is 7.40. The number of carbonyl (C=O) groups excluding carboxylic acids is 3. The summed E-state index contributed by atoms with van der Waals surface area (Å²) in [5, 5.41) is 4.02. The highest BCUT2D eigenvalue weighted by molar-refractivity contribution is 5.94. The first kappa shape index (κ1) is 29.4. The molecule has 0 spiro atoms. The number of H-pyrrole nitrogens is 1. The number of hydrogen-bond acceptors (Lipinski definition) is 4. The molecule has 0 fully saturated rings. The van der Waals surface area contributed by atoms with Gasteiger partial charge in [0.15, 0.2) is 0 Å². The van der Waals surface area contributed by atoms with Crippen LogP contribution < -0.4 is 5.32 Å². The number of amides is 3. The number of ether oxygens (including phenoxy) is 1. The number of rotatable bonds is 12. The second-order valence-corrected chi connectivity index (χ2v) is 10.4. The molecule has 0 aliphatic carbocycles. The van der Waals surface area contributed by atoms with Crippen LogP contribution in [0.25, 0.3) is 10.9 Å². The number of urea groups is 1. The molecular weight excluding hydrogens is 516 g/mol. The number of benzene rings is 3. The van der Waals surface area contributed by atoms with Gasteiger partial charge in [0, 0.05) is 42.4 Å². The quantitative estimate of drug-likeness (QED) is 0.207. The maximum atomic E-state index is 13.7. The molecule has 4 rings (SSSR count). The van der Waals surface area contributed by atoms with E-state index >= 15 is 0 Å². The third-order valence-electron chi connectivity index (χ3n) is 6.74. The van der Waals surface area contributed by atoms with E-state index in [4.69, 9.17) is 4.74 Å². The van der Waals surface area contributed by atoms with Crippen molar-refractivity contribution in [3.8, 4) is 0 Å². The van der Waals surface area contributed by atoms with Gasteiger partial charge in [0.2, 0.25) is 5.91 Å². The molecule has 4 aromatic rings. The number of carbonyl (C=O) groups is 3. The van der Waals surface area contributed by atoms with E-state index in [-0.39, 0.29) is 24.4 Å².